The topological polar surface area (TPSA) is 37.4 Å². The van der Waals surface area contributed by atoms with Crippen molar-refractivity contribution in [2.75, 3.05) is 7.05 Å². The van der Waals surface area contributed by atoms with Gasteiger partial charge in [-0.05, 0) is 49.9 Å². The number of benzene rings is 1. The number of carbonyl (C=O) groups excluding carboxylic acids is 2. The summed E-state index contributed by atoms with van der Waals surface area (Å²) in [5.74, 6) is 0.0805. The summed E-state index contributed by atoms with van der Waals surface area (Å²) >= 11 is 0. The third-order valence-electron chi connectivity index (χ3n) is 3.48. The molecular weight excluding hydrogens is 238 g/mol. The Morgan fingerprint density at radius 3 is 2.16 bits per heavy atom. The van der Waals surface area contributed by atoms with Crippen LogP contribution in [0, 0.1) is 20.8 Å². The molecule has 1 aromatic rings. The molecule has 3 nitrogen and oxygen atoms in total. The number of nitrogens with zero attached hydrogens (tertiary/aromatic N) is 1. The van der Waals surface area contributed by atoms with E-state index in [4.69, 9.17) is 0 Å². The van der Waals surface area contributed by atoms with E-state index < -0.39 is 0 Å². The second kappa shape index (κ2) is 6.50. The monoisotopic (exact) mass is 261 g/mol. The van der Waals surface area contributed by atoms with Gasteiger partial charge in [-0.3, -0.25) is 4.79 Å². The number of ketones is 1. The van der Waals surface area contributed by atoms with Gasteiger partial charge in [-0.15, -0.1) is 0 Å². The molecule has 3 heteroatoms. The Balaban J connectivity index is 2.71. The van der Waals surface area contributed by atoms with E-state index in [9.17, 15) is 9.59 Å². The molecule has 0 unspecified atom stereocenters. The van der Waals surface area contributed by atoms with Gasteiger partial charge in [0.15, 0.2) is 0 Å². The standard InChI is InChI=1S/C16H23NO2/c1-11-8-13(3)15(9-12(11)2)10-17(5)16(19)7-6-14(4)18/h8-9H,6-7,10H2,1-5H3. The fraction of sp³-hybridized carbons (Fsp3) is 0.500. The van der Waals surface area contributed by atoms with E-state index in [0.717, 1.165) is 0 Å². The molecular formula is C16H23NO2. The highest BCUT2D eigenvalue weighted by atomic mass is 16.2. The van der Waals surface area contributed by atoms with Crippen LogP contribution in [-0.4, -0.2) is 23.6 Å². The minimum atomic E-state index is 0.0211. The van der Waals surface area contributed by atoms with Gasteiger partial charge in [0.1, 0.15) is 5.78 Å². The van der Waals surface area contributed by atoms with Crippen LogP contribution in [0.3, 0.4) is 0 Å². The van der Waals surface area contributed by atoms with Crippen molar-refractivity contribution in [1.82, 2.24) is 4.90 Å². The van der Waals surface area contributed by atoms with Crippen LogP contribution >= 0.6 is 0 Å². The molecule has 1 amide bonds. The maximum atomic E-state index is 11.9. The zero-order valence-corrected chi connectivity index (χ0v) is 12.5. The maximum absolute atomic E-state index is 11.9. The zero-order valence-electron chi connectivity index (χ0n) is 12.5. The van der Waals surface area contributed by atoms with Gasteiger partial charge >= 0.3 is 0 Å². The van der Waals surface area contributed by atoms with E-state index in [2.05, 4.69) is 32.9 Å². The third kappa shape index (κ3) is 4.51. The maximum Gasteiger partial charge on any atom is 0.223 e. The van der Waals surface area contributed by atoms with Gasteiger partial charge in [0.2, 0.25) is 5.91 Å². The fourth-order valence-electron chi connectivity index (χ4n) is 2.01. The first kappa shape index (κ1) is 15.4. The molecule has 0 saturated carbocycles. The molecule has 1 aromatic carbocycles. The number of amides is 1. The highest BCUT2D eigenvalue weighted by Gasteiger charge is 2.12. The molecule has 0 aliphatic carbocycles. The fourth-order valence-corrected chi connectivity index (χ4v) is 2.01. The van der Waals surface area contributed by atoms with Crippen molar-refractivity contribution >= 4 is 11.7 Å². The van der Waals surface area contributed by atoms with Crippen molar-refractivity contribution in [3.63, 3.8) is 0 Å². The van der Waals surface area contributed by atoms with Crippen molar-refractivity contribution in [3.8, 4) is 0 Å². The van der Waals surface area contributed by atoms with Crippen LogP contribution in [0.2, 0.25) is 0 Å². The van der Waals surface area contributed by atoms with E-state index in [-0.39, 0.29) is 11.7 Å². The normalized spacial score (nSPS) is 10.4. The second-order valence-corrected chi connectivity index (χ2v) is 5.31. The lowest BCUT2D eigenvalue weighted by atomic mass is 10.0. The summed E-state index contributed by atoms with van der Waals surface area (Å²) < 4.78 is 0. The molecule has 104 valence electrons. The van der Waals surface area contributed by atoms with Crippen LogP contribution in [0.15, 0.2) is 12.1 Å². The predicted octanol–water partition coefficient (Wildman–Crippen LogP) is 2.94. The molecule has 0 aliphatic rings. The summed E-state index contributed by atoms with van der Waals surface area (Å²) in [6, 6.07) is 4.29. The number of rotatable bonds is 5. The predicted molar refractivity (Wildman–Crippen MR) is 77.0 cm³/mol. The molecule has 0 aromatic heterocycles. The number of aryl methyl sites for hydroxylation is 3. The summed E-state index contributed by atoms with van der Waals surface area (Å²) in [7, 11) is 1.79. The summed E-state index contributed by atoms with van der Waals surface area (Å²) in [5.41, 5.74) is 4.88. The number of Topliss-reactive ketones (excluding diaryl/α,β-unsaturated/α-hetero) is 1. The van der Waals surface area contributed by atoms with E-state index in [0.29, 0.717) is 19.4 Å². The van der Waals surface area contributed by atoms with E-state index >= 15 is 0 Å². The molecule has 0 saturated heterocycles. The first-order valence-electron chi connectivity index (χ1n) is 6.61. The second-order valence-electron chi connectivity index (χ2n) is 5.31. The average molecular weight is 261 g/mol. The minimum Gasteiger partial charge on any atom is -0.341 e. The summed E-state index contributed by atoms with van der Waals surface area (Å²) in [6.07, 6.45) is 0.630. The molecule has 0 heterocycles. The zero-order chi connectivity index (χ0) is 14.6. The lowest BCUT2D eigenvalue weighted by Crippen LogP contribution is -2.26. The molecule has 0 N–H and O–H groups in total. The molecule has 0 fully saturated rings. The van der Waals surface area contributed by atoms with Gasteiger partial charge in [0.05, 0.1) is 0 Å². The highest BCUT2D eigenvalue weighted by Crippen LogP contribution is 2.17. The van der Waals surface area contributed by atoms with Crippen molar-refractivity contribution in [1.29, 1.82) is 0 Å². The van der Waals surface area contributed by atoms with Crippen molar-refractivity contribution in [3.05, 3.63) is 34.4 Å². The number of hydrogen-bond acceptors (Lipinski definition) is 2. The van der Waals surface area contributed by atoms with Crippen LogP contribution in [0.25, 0.3) is 0 Å². The lowest BCUT2D eigenvalue weighted by Gasteiger charge is -2.19. The van der Waals surface area contributed by atoms with Crippen molar-refractivity contribution in [2.24, 2.45) is 0 Å². The molecule has 0 atom stereocenters. The average Bonchev–Trinajstić information content (AvgIpc) is 2.32. The van der Waals surface area contributed by atoms with Gasteiger partial charge in [-0.2, -0.15) is 0 Å². The van der Waals surface area contributed by atoms with Crippen LogP contribution in [-0.2, 0) is 16.1 Å². The Hall–Kier alpha value is -1.64. The molecule has 0 aliphatic heterocycles. The quantitative estimate of drug-likeness (QED) is 0.817. The molecule has 19 heavy (non-hydrogen) atoms. The van der Waals surface area contributed by atoms with E-state index in [1.807, 2.05) is 0 Å². The Labute approximate surface area is 115 Å². The SMILES string of the molecule is CC(=O)CCC(=O)N(C)Cc1cc(C)c(C)cc1C. The van der Waals surface area contributed by atoms with Gasteiger partial charge in [-0.25, -0.2) is 0 Å². The minimum absolute atomic E-state index is 0.0211. The van der Waals surface area contributed by atoms with Crippen molar-refractivity contribution < 1.29 is 9.59 Å². The first-order chi connectivity index (χ1) is 8.81. The lowest BCUT2D eigenvalue weighted by molar-refractivity contribution is -0.132. The van der Waals surface area contributed by atoms with Gasteiger partial charge in [0, 0.05) is 26.4 Å². The largest absolute Gasteiger partial charge is 0.341 e. The Morgan fingerprint density at radius 2 is 1.58 bits per heavy atom. The van der Waals surface area contributed by atoms with Crippen LogP contribution in [0.5, 0.6) is 0 Å². The Morgan fingerprint density at radius 1 is 1.00 bits per heavy atom. The first-order valence-corrected chi connectivity index (χ1v) is 6.61. The van der Waals surface area contributed by atoms with Crippen LogP contribution < -0.4 is 0 Å². The molecule has 0 spiro atoms. The Bertz CT molecular complexity index is 492. The summed E-state index contributed by atoms with van der Waals surface area (Å²) in [5, 5.41) is 0. The van der Waals surface area contributed by atoms with Crippen LogP contribution in [0.4, 0.5) is 0 Å². The number of hydrogen-bond donors (Lipinski definition) is 0. The van der Waals surface area contributed by atoms with E-state index in [1.54, 1.807) is 11.9 Å². The highest BCUT2D eigenvalue weighted by molar-refractivity contribution is 5.83. The molecule has 1 rings (SSSR count). The van der Waals surface area contributed by atoms with E-state index in [1.165, 1.54) is 29.2 Å². The Kier molecular flexibility index (Phi) is 5.28. The molecule has 0 radical (unpaired) electrons. The van der Waals surface area contributed by atoms with Gasteiger partial charge in [-0.1, -0.05) is 12.1 Å². The molecule has 0 bridgehead atoms. The smallest absolute Gasteiger partial charge is 0.223 e. The van der Waals surface area contributed by atoms with Gasteiger partial charge < -0.3 is 9.69 Å². The van der Waals surface area contributed by atoms with Crippen LogP contribution in [0.1, 0.15) is 42.0 Å². The van der Waals surface area contributed by atoms with Gasteiger partial charge in [0.25, 0.3) is 0 Å². The third-order valence-corrected chi connectivity index (χ3v) is 3.48. The number of carbonyl (C=O) groups is 2. The summed E-state index contributed by atoms with van der Waals surface area (Å²) in [6.45, 7) is 8.35. The van der Waals surface area contributed by atoms with Crippen molar-refractivity contribution in [2.45, 2.75) is 47.1 Å². The summed E-state index contributed by atoms with van der Waals surface area (Å²) in [4.78, 5) is 24.5.